The molecule has 0 amide bonds. The smallest absolute Gasteiger partial charge is 0.189 e. The Morgan fingerprint density at radius 3 is 1.71 bits per heavy atom. The summed E-state index contributed by atoms with van der Waals surface area (Å²) in [6.45, 7) is 3.73. The van der Waals surface area contributed by atoms with Crippen molar-refractivity contribution in [2.24, 2.45) is 0 Å². The van der Waals surface area contributed by atoms with E-state index in [2.05, 4.69) is 0 Å². The Hall–Kier alpha value is -0.200. The van der Waals surface area contributed by atoms with Crippen molar-refractivity contribution in [2.75, 3.05) is 14.2 Å². The molecule has 5 nitrogen and oxygen atoms in total. The van der Waals surface area contributed by atoms with Gasteiger partial charge < -0.3 is 23.7 Å². The number of hydrogen-bond donors (Lipinski definition) is 0. The van der Waals surface area contributed by atoms with Crippen molar-refractivity contribution in [2.45, 2.75) is 44.4 Å². The van der Waals surface area contributed by atoms with Crippen molar-refractivity contribution in [1.82, 2.24) is 0 Å². The van der Waals surface area contributed by atoms with E-state index in [1.54, 1.807) is 14.2 Å². The molecule has 0 unspecified atom stereocenters. The third-order valence-corrected chi connectivity index (χ3v) is 2.43. The molecule has 5 heteroatoms. The van der Waals surface area contributed by atoms with Crippen LogP contribution in [0.4, 0.5) is 0 Å². The van der Waals surface area contributed by atoms with Crippen LogP contribution >= 0.6 is 0 Å². The molecule has 0 aromatic rings. The van der Waals surface area contributed by atoms with Crippen LogP contribution in [0.25, 0.3) is 0 Å². The van der Waals surface area contributed by atoms with Crippen LogP contribution in [0.15, 0.2) is 0 Å². The Kier molecular flexibility index (Phi) is 2.53. The highest BCUT2D eigenvalue weighted by atomic mass is 16.8. The lowest BCUT2D eigenvalue weighted by atomic mass is 10.2. The van der Waals surface area contributed by atoms with Crippen molar-refractivity contribution in [3.05, 3.63) is 0 Å². The number of rotatable bonds is 2. The molecule has 2 rings (SSSR count). The maximum absolute atomic E-state index is 5.66. The molecular formula is C9H16O5. The van der Waals surface area contributed by atoms with Gasteiger partial charge in [-0.1, -0.05) is 0 Å². The Bertz CT molecular complexity index is 197. The van der Waals surface area contributed by atoms with Gasteiger partial charge in [-0.05, 0) is 13.8 Å². The molecule has 2 heterocycles. The zero-order chi connectivity index (χ0) is 10.3. The SMILES string of the molecule is CO[C@H]1O[C@@H](OC)[C@@H]2OC(C)(C)O[C@H]12. The highest BCUT2D eigenvalue weighted by molar-refractivity contribution is 4.91. The second kappa shape index (κ2) is 3.43. The minimum absolute atomic E-state index is 0.208. The normalized spacial score (nSPS) is 45.4. The molecule has 2 saturated heterocycles. The van der Waals surface area contributed by atoms with Gasteiger partial charge in [0.25, 0.3) is 0 Å². The summed E-state index contributed by atoms with van der Waals surface area (Å²) in [5, 5.41) is 0. The van der Waals surface area contributed by atoms with Crippen LogP contribution in [0.2, 0.25) is 0 Å². The van der Waals surface area contributed by atoms with Gasteiger partial charge >= 0.3 is 0 Å². The van der Waals surface area contributed by atoms with E-state index < -0.39 is 18.4 Å². The monoisotopic (exact) mass is 204 g/mol. The zero-order valence-corrected chi connectivity index (χ0v) is 8.85. The van der Waals surface area contributed by atoms with Crippen LogP contribution < -0.4 is 0 Å². The first-order chi connectivity index (χ1) is 6.57. The van der Waals surface area contributed by atoms with E-state index in [4.69, 9.17) is 23.7 Å². The van der Waals surface area contributed by atoms with E-state index in [9.17, 15) is 0 Å². The summed E-state index contributed by atoms with van der Waals surface area (Å²) in [5.41, 5.74) is 0. The van der Waals surface area contributed by atoms with E-state index in [1.807, 2.05) is 13.8 Å². The molecule has 0 N–H and O–H groups in total. The third kappa shape index (κ3) is 1.55. The van der Waals surface area contributed by atoms with E-state index in [-0.39, 0.29) is 12.2 Å². The number of fused-ring (bicyclic) bond motifs is 1. The lowest BCUT2D eigenvalue weighted by Gasteiger charge is -2.22. The lowest BCUT2D eigenvalue weighted by Crippen LogP contribution is -2.30. The molecule has 0 radical (unpaired) electrons. The van der Waals surface area contributed by atoms with Gasteiger partial charge in [0, 0.05) is 14.2 Å². The molecule has 0 aromatic carbocycles. The first-order valence-electron chi connectivity index (χ1n) is 4.64. The van der Waals surface area contributed by atoms with Gasteiger partial charge in [-0.25, -0.2) is 0 Å². The largest absolute Gasteiger partial charge is 0.353 e. The number of methoxy groups -OCH3 is 2. The minimum atomic E-state index is -0.591. The summed E-state index contributed by atoms with van der Waals surface area (Å²) in [6.07, 6.45) is -1.24. The molecule has 2 fully saturated rings. The minimum Gasteiger partial charge on any atom is -0.353 e. The standard InChI is InChI=1S/C9H16O5/c1-9(2)13-5-6(14-9)8(11-4)12-7(5)10-3/h5-8H,1-4H3/t5-,6+,7-,8+. The Labute approximate surface area is 83.2 Å². The van der Waals surface area contributed by atoms with Gasteiger partial charge in [-0.2, -0.15) is 0 Å². The van der Waals surface area contributed by atoms with E-state index >= 15 is 0 Å². The van der Waals surface area contributed by atoms with E-state index in [1.165, 1.54) is 0 Å². The molecule has 0 aromatic heterocycles. The third-order valence-electron chi connectivity index (χ3n) is 2.43. The molecule has 0 aliphatic carbocycles. The van der Waals surface area contributed by atoms with Crippen LogP contribution in [0.1, 0.15) is 13.8 Å². The van der Waals surface area contributed by atoms with Crippen molar-refractivity contribution in [1.29, 1.82) is 0 Å². The van der Waals surface area contributed by atoms with Crippen molar-refractivity contribution in [3.8, 4) is 0 Å². The average Bonchev–Trinajstić information content (AvgIpc) is 2.57. The van der Waals surface area contributed by atoms with Crippen molar-refractivity contribution < 1.29 is 23.7 Å². The fourth-order valence-corrected chi connectivity index (χ4v) is 1.90. The summed E-state index contributed by atoms with van der Waals surface area (Å²) in [5.74, 6) is -0.591. The maximum Gasteiger partial charge on any atom is 0.189 e. The molecular weight excluding hydrogens is 188 g/mol. The second-order valence-corrected chi connectivity index (χ2v) is 3.91. The molecule has 0 saturated carbocycles. The molecule has 0 spiro atoms. The summed E-state index contributed by atoms with van der Waals surface area (Å²) in [7, 11) is 3.16. The van der Waals surface area contributed by atoms with Crippen molar-refractivity contribution in [3.63, 3.8) is 0 Å². The molecule has 82 valence electrons. The molecule has 2 aliphatic heterocycles. The maximum atomic E-state index is 5.66. The van der Waals surface area contributed by atoms with Gasteiger partial charge in [0.2, 0.25) is 0 Å². The first kappa shape index (κ1) is 10.3. The van der Waals surface area contributed by atoms with Crippen molar-refractivity contribution >= 4 is 0 Å². The lowest BCUT2D eigenvalue weighted by molar-refractivity contribution is -0.264. The molecule has 4 atom stereocenters. The quantitative estimate of drug-likeness (QED) is 0.654. The zero-order valence-electron chi connectivity index (χ0n) is 8.85. The van der Waals surface area contributed by atoms with Crippen LogP contribution in [0.5, 0.6) is 0 Å². The van der Waals surface area contributed by atoms with Gasteiger partial charge in [0.05, 0.1) is 0 Å². The number of hydrogen-bond acceptors (Lipinski definition) is 5. The van der Waals surface area contributed by atoms with Gasteiger partial charge in [-0.15, -0.1) is 0 Å². The fraction of sp³-hybridized carbons (Fsp3) is 1.00. The second-order valence-electron chi connectivity index (χ2n) is 3.91. The number of ether oxygens (including phenoxy) is 5. The van der Waals surface area contributed by atoms with Gasteiger partial charge in [0.15, 0.2) is 18.4 Å². The Morgan fingerprint density at radius 2 is 1.36 bits per heavy atom. The highest BCUT2D eigenvalue weighted by Crippen LogP contribution is 2.38. The highest BCUT2D eigenvalue weighted by Gasteiger charge is 2.55. The van der Waals surface area contributed by atoms with Gasteiger partial charge in [0.1, 0.15) is 12.2 Å². The topological polar surface area (TPSA) is 46.2 Å². The van der Waals surface area contributed by atoms with E-state index in [0.717, 1.165) is 0 Å². The predicted molar refractivity (Wildman–Crippen MR) is 46.5 cm³/mol. The summed E-state index contributed by atoms with van der Waals surface area (Å²) in [4.78, 5) is 0. The summed E-state index contributed by atoms with van der Waals surface area (Å²) >= 11 is 0. The van der Waals surface area contributed by atoms with Crippen LogP contribution in [-0.4, -0.2) is 44.8 Å². The first-order valence-corrected chi connectivity index (χ1v) is 4.64. The molecule has 2 aliphatic rings. The summed E-state index contributed by atoms with van der Waals surface area (Å²) in [6, 6.07) is 0. The van der Waals surface area contributed by atoms with Crippen LogP contribution in [0.3, 0.4) is 0 Å². The van der Waals surface area contributed by atoms with Crippen LogP contribution in [-0.2, 0) is 23.7 Å². The molecule has 0 bridgehead atoms. The average molecular weight is 204 g/mol. The van der Waals surface area contributed by atoms with E-state index in [0.29, 0.717) is 0 Å². The van der Waals surface area contributed by atoms with Gasteiger partial charge in [-0.3, -0.25) is 0 Å². The molecule has 14 heavy (non-hydrogen) atoms. The fourth-order valence-electron chi connectivity index (χ4n) is 1.90. The Balaban J connectivity index is 2.12. The Morgan fingerprint density at radius 1 is 0.929 bits per heavy atom. The summed E-state index contributed by atoms with van der Waals surface area (Å²) < 4.78 is 27.0. The van der Waals surface area contributed by atoms with Crippen LogP contribution in [0, 0.1) is 0 Å². The predicted octanol–water partition coefficient (Wildman–Crippen LogP) is 0.482.